The second kappa shape index (κ2) is 14.4. The minimum Gasteiger partial charge on any atom is -0.480 e. The number of fused-ring (bicyclic) bond motifs is 3. The van der Waals surface area contributed by atoms with Crippen LogP contribution < -0.4 is 21.1 Å². The lowest BCUT2D eigenvalue weighted by molar-refractivity contribution is -0.142. The molecule has 1 fully saturated rings. The van der Waals surface area contributed by atoms with E-state index >= 15 is 0 Å². The first-order valence-electron chi connectivity index (χ1n) is 15.6. The van der Waals surface area contributed by atoms with Crippen molar-refractivity contribution in [3.8, 4) is 5.75 Å². The second-order valence-electron chi connectivity index (χ2n) is 12.2. The third kappa shape index (κ3) is 7.89. The highest BCUT2D eigenvalue weighted by Gasteiger charge is 2.29. The van der Waals surface area contributed by atoms with Gasteiger partial charge >= 0.3 is 12.1 Å². The van der Waals surface area contributed by atoms with E-state index in [1.165, 1.54) is 4.90 Å². The van der Waals surface area contributed by atoms with Gasteiger partial charge in [0.05, 0.1) is 5.56 Å². The molecule has 0 bridgehead atoms. The zero-order chi connectivity index (χ0) is 33.7. The summed E-state index contributed by atoms with van der Waals surface area (Å²) < 4.78 is 11.4. The first kappa shape index (κ1) is 33.0. The Morgan fingerprint density at radius 1 is 0.915 bits per heavy atom. The summed E-state index contributed by atoms with van der Waals surface area (Å²) in [6.45, 7) is 4.52. The number of piperidine rings is 1. The Balaban J connectivity index is 1.22. The predicted molar refractivity (Wildman–Crippen MR) is 174 cm³/mol. The molecule has 4 aromatic rings. The molecule has 3 aromatic carbocycles. The topological polar surface area (TPSA) is 181 Å². The number of aliphatic carboxylic acids is 1. The van der Waals surface area contributed by atoms with Gasteiger partial charge in [0.1, 0.15) is 29.0 Å². The molecule has 0 spiro atoms. The quantitative estimate of drug-likeness (QED) is 0.187. The average Bonchev–Trinajstić information content (AvgIpc) is 3.43. The molecule has 4 amide bonds. The van der Waals surface area contributed by atoms with Crippen LogP contribution in [0.1, 0.15) is 49.0 Å². The van der Waals surface area contributed by atoms with E-state index in [0.29, 0.717) is 42.7 Å². The molecule has 1 aromatic heterocycles. The monoisotopic (exact) mass is 642 g/mol. The molecule has 1 aliphatic heterocycles. The van der Waals surface area contributed by atoms with Crippen LogP contribution in [0.25, 0.3) is 21.9 Å². The Kier molecular flexibility index (Phi) is 10.1. The van der Waals surface area contributed by atoms with E-state index < -0.39 is 36.0 Å². The van der Waals surface area contributed by atoms with Crippen molar-refractivity contribution < 1.29 is 38.2 Å². The second-order valence-corrected chi connectivity index (χ2v) is 12.2. The van der Waals surface area contributed by atoms with Gasteiger partial charge in [0.25, 0.3) is 5.91 Å². The van der Waals surface area contributed by atoms with Crippen LogP contribution in [0.4, 0.5) is 4.79 Å². The summed E-state index contributed by atoms with van der Waals surface area (Å²) in [6.07, 6.45) is 0.637. The van der Waals surface area contributed by atoms with Gasteiger partial charge in [-0.3, -0.25) is 14.4 Å². The van der Waals surface area contributed by atoms with Crippen molar-refractivity contribution in [2.45, 2.75) is 51.6 Å². The van der Waals surface area contributed by atoms with Crippen LogP contribution in [0.15, 0.2) is 71.1 Å². The Hall–Kier alpha value is -5.39. The van der Waals surface area contributed by atoms with Crippen LogP contribution in [0, 0.1) is 11.8 Å². The van der Waals surface area contributed by atoms with Crippen molar-refractivity contribution in [3.63, 3.8) is 0 Å². The fourth-order valence-corrected chi connectivity index (χ4v) is 5.78. The van der Waals surface area contributed by atoms with Crippen LogP contribution in [0.2, 0.25) is 0 Å². The van der Waals surface area contributed by atoms with Crippen molar-refractivity contribution in [3.05, 3.63) is 77.9 Å². The summed E-state index contributed by atoms with van der Waals surface area (Å²) in [7, 11) is 0. The molecule has 12 nitrogen and oxygen atoms in total. The van der Waals surface area contributed by atoms with Crippen LogP contribution in [0.3, 0.4) is 0 Å². The predicted octanol–water partition coefficient (Wildman–Crippen LogP) is 4.24. The van der Waals surface area contributed by atoms with Gasteiger partial charge < -0.3 is 35.5 Å². The Morgan fingerprint density at radius 2 is 1.60 bits per heavy atom. The first-order chi connectivity index (χ1) is 22.5. The van der Waals surface area contributed by atoms with E-state index in [-0.39, 0.29) is 41.9 Å². The molecular formula is C35H38N4O8. The van der Waals surface area contributed by atoms with E-state index in [4.69, 9.17) is 14.9 Å². The highest BCUT2D eigenvalue weighted by atomic mass is 16.6. The van der Waals surface area contributed by atoms with Gasteiger partial charge in [0.15, 0.2) is 0 Å². The fourth-order valence-electron chi connectivity index (χ4n) is 5.78. The number of carbonyl (C=O) groups excluding carboxylic acids is 4. The number of nitrogens with two attached hydrogens (primary N) is 1. The van der Waals surface area contributed by atoms with Gasteiger partial charge in [0.2, 0.25) is 11.8 Å². The zero-order valence-corrected chi connectivity index (χ0v) is 26.2. The molecule has 0 radical (unpaired) electrons. The molecule has 246 valence electrons. The average molecular weight is 643 g/mol. The number of amides is 4. The van der Waals surface area contributed by atoms with Crippen LogP contribution in [0.5, 0.6) is 5.75 Å². The molecule has 0 unspecified atom stereocenters. The minimum atomic E-state index is -1.28. The van der Waals surface area contributed by atoms with E-state index in [2.05, 4.69) is 10.6 Å². The normalized spacial score (nSPS) is 14.9. The van der Waals surface area contributed by atoms with Crippen molar-refractivity contribution in [1.29, 1.82) is 0 Å². The number of carbonyl (C=O) groups is 5. The number of rotatable bonds is 11. The van der Waals surface area contributed by atoms with Gasteiger partial charge in [-0.1, -0.05) is 56.3 Å². The number of nitrogens with one attached hydrogen (secondary N) is 2. The molecule has 1 saturated heterocycles. The van der Waals surface area contributed by atoms with E-state index in [1.54, 1.807) is 36.4 Å². The lowest BCUT2D eigenvalue weighted by atomic mass is 9.97. The Bertz CT molecular complexity index is 1790. The maximum absolute atomic E-state index is 13.5. The van der Waals surface area contributed by atoms with Crippen molar-refractivity contribution in [2.24, 2.45) is 17.6 Å². The van der Waals surface area contributed by atoms with Gasteiger partial charge in [0, 0.05) is 36.2 Å². The van der Waals surface area contributed by atoms with Crippen LogP contribution >= 0.6 is 0 Å². The maximum Gasteiger partial charge on any atom is 0.415 e. The number of carboxylic acid groups (broad SMARTS) is 1. The number of carboxylic acids is 1. The number of benzene rings is 3. The largest absolute Gasteiger partial charge is 0.480 e. The van der Waals surface area contributed by atoms with E-state index in [9.17, 15) is 29.1 Å². The van der Waals surface area contributed by atoms with E-state index in [1.807, 2.05) is 44.2 Å². The highest BCUT2D eigenvalue weighted by Crippen LogP contribution is 2.31. The lowest BCUT2D eigenvalue weighted by Gasteiger charge is -2.29. The molecular weight excluding hydrogens is 604 g/mol. The molecule has 0 aliphatic carbocycles. The molecule has 5 N–H and O–H groups in total. The fraction of sp³-hybridized carbons (Fsp3) is 0.343. The molecule has 5 rings (SSSR count). The van der Waals surface area contributed by atoms with Crippen molar-refractivity contribution in [1.82, 2.24) is 15.5 Å². The Labute approximate surface area is 271 Å². The van der Waals surface area contributed by atoms with Crippen molar-refractivity contribution >= 4 is 51.7 Å². The lowest BCUT2D eigenvalue weighted by Crippen LogP contribution is -2.52. The summed E-state index contributed by atoms with van der Waals surface area (Å²) in [6, 6.07) is 16.7. The number of ether oxygens (including phenoxy) is 1. The Morgan fingerprint density at radius 3 is 2.26 bits per heavy atom. The number of furan rings is 1. The number of nitrogens with zero attached hydrogens (tertiary/aromatic N) is 1. The summed E-state index contributed by atoms with van der Waals surface area (Å²) in [5, 5.41) is 17.0. The van der Waals surface area contributed by atoms with Gasteiger partial charge in [-0.25, -0.2) is 9.59 Å². The number of hydrogen-bond donors (Lipinski definition) is 4. The zero-order valence-electron chi connectivity index (χ0n) is 26.2. The molecule has 12 heteroatoms. The van der Waals surface area contributed by atoms with E-state index in [0.717, 1.165) is 10.8 Å². The van der Waals surface area contributed by atoms with Gasteiger partial charge in [-0.2, -0.15) is 0 Å². The summed E-state index contributed by atoms with van der Waals surface area (Å²) in [5.41, 5.74) is 7.25. The highest BCUT2D eigenvalue weighted by molar-refractivity contribution is 6.13. The molecule has 2 atom stereocenters. The maximum atomic E-state index is 13.5. The summed E-state index contributed by atoms with van der Waals surface area (Å²) >= 11 is 0. The standard InChI is InChI=1S/C35H38N4O8/c1-20(2)18-27(37-32(41)26-8-5-7-25-24-6-3-4-9-29(24)47-30(25)26)33(42)38-28(34(43)44)19-21-10-12-23(13-11-21)46-35(45)39-16-14-22(15-17-39)31(36)40/h3-13,20,22,27-28H,14-19H2,1-2H3,(H2,36,40)(H,37,41)(H,38,42)(H,43,44)/t27-,28-/m0/s1. The third-order valence-electron chi connectivity index (χ3n) is 8.32. The SMILES string of the molecule is CC(C)C[C@H](NC(=O)c1cccc2c1oc1ccccc12)C(=O)N[C@@H](Cc1ccc(OC(=O)N2CCC(C(N)=O)CC2)cc1)C(=O)O. The summed E-state index contributed by atoms with van der Waals surface area (Å²) in [4.78, 5) is 64.5. The smallest absolute Gasteiger partial charge is 0.415 e. The first-order valence-corrected chi connectivity index (χ1v) is 15.6. The number of para-hydroxylation sites is 2. The van der Waals surface area contributed by atoms with Crippen molar-refractivity contribution in [2.75, 3.05) is 13.1 Å². The van der Waals surface area contributed by atoms with Crippen LogP contribution in [-0.2, 0) is 20.8 Å². The number of hydrogen-bond acceptors (Lipinski definition) is 7. The third-order valence-corrected chi connectivity index (χ3v) is 8.32. The molecule has 2 heterocycles. The molecule has 47 heavy (non-hydrogen) atoms. The minimum absolute atomic E-state index is 0.0149. The molecule has 1 aliphatic rings. The van der Waals surface area contributed by atoms with Crippen LogP contribution in [-0.4, -0.2) is 65.0 Å². The summed E-state index contributed by atoms with van der Waals surface area (Å²) in [5.74, 6) is -2.72. The number of primary amides is 1. The number of likely N-dealkylation sites (tertiary alicyclic amines) is 1. The van der Waals surface area contributed by atoms with Gasteiger partial charge in [-0.15, -0.1) is 0 Å². The van der Waals surface area contributed by atoms with Gasteiger partial charge in [-0.05, 0) is 55.0 Å². The molecule has 0 saturated carbocycles.